The van der Waals surface area contributed by atoms with Crippen molar-refractivity contribution in [1.29, 1.82) is 0 Å². The molecule has 1 aromatic heterocycles. The van der Waals surface area contributed by atoms with Crippen LogP contribution in [0.3, 0.4) is 0 Å². The molecule has 1 heterocycles. The van der Waals surface area contributed by atoms with E-state index < -0.39 is 6.04 Å². The number of nitrogens with one attached hydrogen (secondary N) is 1. The highest BCUT2D eigenvalue weighted by molar-refractivity contribution is 5.94. The average molecular weight is 246 g/mol. The maximum atomic E-state index is 12.0. The first kappa shape index (κ1) is 12.1. The molecule has 0 saturated carbocycles. The van der Waals surface area contributed by atoms with E-state index in [2.05, 4.69) is 15.4 Å². The molecule has 0 radical (unpaired) electrons. The molecule has 0 fully saturated rings. The number of phenolic OH excluding ortho intramolecular Hbond substituents is 1. The van der Waals surface area contributed by atoms with Crippen LogP contribution in [-0.4, -0.2) is 25.8 Å². The second-order valence-electron chi connectivity index (χ2n) is 3.99. The zero-order chi connectivity index (χ0) is 13.1. The van der Waals surface area contributed by atoms with Gasteiger partial charge in [-0.2, -0.15) is 5.10 Å². The van der Waals surface area contributed by atoms with Crippen molar-refractivity contribution in [3.63, 3.8) is 0 Å². The van der Waals surface area contributed by atoms with Gasteiger partial charge in [0.2, 0.25) is 5.91 Å². The van der Waals surface area contributed by atoms with Crippen molar-refractivity contribution in [3.8, 4) is 5.75 Å². The van der Waals surface area contributed by atoms with Gasteiger partial charge in [0, 0.05) is 11.3 Å². The number of rotatable bonds is 3. The summed E-state index contributed by atoms with van der Waals surface area (Å²) in [7, 11) is 0. The molecule has 1 unspecified atom stereocenters. The van der Waals surface area contributed by atoms with Crippen LogP contribution < -0.4 is 5.32 Å². The molecule has 2 aromatic rings. The molecule has 6 nitrogen and oxygen atoms in total. The van der Waals surface area contributed by atoms with Gasteiger partial charge in [0.05, 0.1) is 0 Å². The number of amides is 1. The summed E-state index contributed by atoms with van der Waals surface area (Å²) in [6, 6.07) is 4.53. The average Bonchev–Trinajstić information content (AvgIpc) is 2.87. The monoisotopic (exact) mass is 246 g/mol. The number of aromatic hydroxyl groups is 1. The maximum Gasteiger partial charge on any atom is 0.249 e. The highest BCUT2D eigenvalue weighted by atomic mass is 16.3. The Labute approximate surface area is 104 Å². The Morgan fingerprint density at radius 2 is 2.28 bits per heavy atom. The van der Waals surface area contributed by atoms with Crippen molar-refractivity contribution in [3.05, 3.63) is 36.4 Å². The molecule has 6 heteroatoms. The van der Waals surface area contributed by atoms with Crippen molar-refractivity contribution >= 4 is 11.6 Å². The highest BCUT2D eigenvalue weighted by Crippen LogP contribution is 2.24. The first-order valence-corrected chi connectivity index (χ1v) is 5.53. The van der Waals surface area contributed by atoms with Crippen LogP contribution in [0, 0.1) is 6.92 Å². The van der Waals surface area contributed by atoms with E-state index in [1.807, 2.05) is 0 Å². The zero-order valence-electron chi connectivity index (χ0n) is 10.2. The first-order chi connectivity index (χ1) is 8.59. The molecule has 0 saturated heterocycles. The number of nitrogens with zero attached hydrogens (tertiary/aromatic N) is 3. The molecule has 1 atom stereocenters. The van der Waals surface area contributed by atoms with Gasteiger partial charge in [0.25, 0.3) is 0 Å². The van der Waals surface area contributed by atoms with E-state index in [1.165, 1.54) is 17.3 Å². The summed E-state index contributed by atoms with van der Waals surface area (Å²) in [5, 5.41) is 16.2. The number of carbonyl (C=O) groups is 1. The quantitative estimate of drug-likeness (QED) is 0.859. The number of hydrogen-bond donors (Lipinski definition) is 2. The van der Waals surface area contributed by atoms with Gasteiger partial charge in [-0.05, 0) is 26.0 Å². The molecule has 0 aliphatic heterocycles. The number of anilines is 1. The third kappa shape index (κ3) is 2.32. The molecule has 18 heavy (non-hydrogen) atoms. The van der Waals surface area contributed by atoms with Gasteiger partial charge in [0.1, 0.15) is 24.4 Å². The fourth-order valence-corrected chi connectivity index (χ4v) is 1.53. The topological polar surface area (TPSA) is 80.0 Å². The Morgan fingerprint density at radius 3 is 2.94 bits per heavy atom. The van der Waals surface area contributed by atoms with E-state index >= 15 is 0 Å². The first-order valence-electron chi connectivity index (χ1n) is 5.53. The second kappa shape index (κ2) is 4.87. The maximum absolute atomic E-state index is 12.0. The molecule has 0 aliphatic carbocycles. The zero-order valence-corrected chi connectivity index (χ0v) is 10.2. The number of carbonyl (C=O) groups excluding carboxylic acids is 1. The van der Waals surface area contributed by atoms with Gasteiger partial charge >= 0.3 is 0 Å². The van der Waals surface area contributed by atoms with Crippen molar-refractivity contribution in [1.82, 2.24) is 14.8 Å². The molecule has 1 amide bonds. The number of benzene rings is 1. The Hall–Kier alpha value is -2.37. The van der Waals surface area contributed by atoms with Gasteiger partial charge < -0.3 is 10.4 Å². The molecule has 94 valence electrons. The molecule has 0 bridgehead atoms. The summed E-state index contributed by atoms with van der Waals surface area (Å²) in [4.78, 5) is 15.8. The largest absolute Gasteiger partial charge is 0.508 e. The summed E-state index contributed by atoms with van der Waals surface area (Å²) < 4.78 is 1.47. The Bertz CT molecular complexity index is 551. The number of phenols is 1. The van der Waals surface area contributed by atoms with Crippen LogP contribution in [0.15, 0.2) is 30.9 Å². The minimum absolute atomic E-state index is 0.154. The second-order valence-corrected chi connectivity index (χ2v) is 3.99. The summed E-state index contributed by atoms with van der Waals surface area (Å²) in [6.45, 7) is 3.47. The van der Waals surface area contributed by atoms with Crippen molar-refractivity contribution in [2.75, 3.05) is 5.32 Å². The van der Waals surface area contributed by atoms with E-state index in [1.54, 1.807) is 32.0 Å². The lowest BCUT2D eigenvalue weighted by Crippen LogP contribution is -2.24. The van der Waals surface area contributed by atoms with Crippen LogP contribution in [0.1, 0.15) is 18.5 Å². The summed E-state index contributed by atoms with van der Waals surface area (Å²) >= 11 is 0. The van der Waals surface area contributed by atoms with Crippen LogP contribution in [-0.2, 0) is 4.79 Å². The summed E-state index contributed by atoms with van der Waals surface area (Å²) in [5.74, 6) is -0.0598. The lowest BCUT2D eigenvalue weighted by Gasteiger charge is -2.14. The van der Waals surface area contributed by atoms with Gasteiger partial charge in [-0.3, -0.25) is 4.79 Å². The molecule has 2 rings (SSSR count). The molecule has 2 N–H and O–H groups in total. The Morgan fingerprint density at radius 1 is 1.50 bits per heavy atom. The predicted octanol–water partition coefficient (Wildman–Crippen LogP) is 1.49. The smallest absolute Gasteiger partial charge is 0.249 e. The van der Waals surface area contributed by atoms with Crippen molar-refractivity contribution in [2.24, 2.45) is 0 Å². The van der Waals surface area contributed by atoms with Crippen LogP contribution >= 0.6 is 0 Å². The van der Waals surface area contributed by atoms with Crippen molar-refractivity contribution in [2.45, 2.75) is 19.9 Å². The van der Waals surface area contributed by atoms with E-state index in [0.717, 1.165) is 0 Å². The van der Waals surface area contributed by atoms with Gasteiger partial charge in [0.15, 0.2) is 0 Å². The van der Waals surface area contributed by atoms with Crippen molar-refractivity contribution < 1.29 is 9.90 Å². The van der Waals surface area contributed by atoms with Gasteiger partial charge in [-0.15, -0.1) is 0 Å². The molecular formula is C12H14N4O2. The van der Waals surface area contributed by atoms with E-state index in [4.69, 9.17) is 0 Å². The highest BCUT2D eigenvalue weighted by Gasteiger charge is 2.16. The standard InChI is InChI=1S/C12H14N4O2/c1-8-10(4-3-5-11(8)17)15-12(18)9(2)16-7-13-6-14-16/h3-7,9,17H,1-2H3,(H,15,18). The molecular weight excluding hydrogens is 232 g/mol. The van der Waals surface area contributed by atoms with E-state index in [0.29, 0.717) is 11.3 Å². The number of aromatic nitrogens is 3. The molecule has 1 aromatic carbocycles. The fourth-order valence-electron chi connectivity index (χ4n) is 1.53. The lowest BCUT2D eigenvalue weighted by atomic mass is 10.1. The van der Waals surface area contributed by atoms with E-state index in [9.17, 15) is 9.90 Å². The van der Waals surface area contributed by atoms with Crippen LogP contribution in [0.25, 0.3) is 0 Å². The molecule has 0 aliphatic rings. The van der Waals surface area contributed by atoms with Gasteiger partial charge in [-0.1, -0.05) is 6.07 Å². The Balaban J connectivity index is 2.14. The van der Waals surface area contributed by atoms with E-state index in [-0.39, 0.29) is 11.7 Å². The minimum atomic E-state index is -0.464. The fraction of sp³-hybridized carbons (Fsp3) is 0.250. The minimum Gasteiger partial charge on any atom is -0.508 e. The van der Waals surface area contributed by atoms with Crippen LogP contribution in [0.5, 0.6) is 5.75 Å². The third-order valence-corrected chi connectivity index (χ3v) is 2.78. The van der Waals surface area contributed by atoms with Crippen LogP contribution in [0.4, 0.5) is 5.69 Å². The molecule has 0 spiro atoms. The Kier molecular flexibility index (Phi) is 3.27. The number of hydrogen-bond acceptors (Lipinski definition) is 4. The summed E-state index contributed by atoms with van der Waals surface area (Å²) in [6.07, 6.45) is 2.86. The normalized spacial score (nSPS) is 12.1. The van der Waals surface area contributed by atoms with Gasteiger partial charge in [-0.25, -0.2) is 9.67 Å². The van der Waals surface area contributed by atoms with Crippen LogP contribution in [0.2, 0.25) is 0 Å². The summed E-state index contributed by atoms with van der Waals surface area (Å²) in [5.41, 5.74) is 1.23. The lowest BCUT2D eigenvalue weighted by molar-refractivity contribution is -0.119. The SMILES string of the molecule is Cc1c(O)cccc1NC(=O)C(C)n1cncn1. The third-order valence-electron chi connectivity index (χ3n) is 2.78. The predicted molar refractivity (Wildman–Crippen MR) is 66.2 cm³/mol.